The van der Waals surface area contributed by atoms with Crippen molar-refractivity contribution in [2.24, 2.45) is 0 Å². The Balaban J connectivity index is 1.85. The van der Waals surface area contributed by atoms with Crippen molar-refractivity contribution in [2.45, 2.75) is 18.4 Å². The van der Waals surface area contributed by atoms with Crippen LogP contribution in [0.15, 0.2) is 65.8 Å². The highest BCUT2D eigenvalue weighted by molar-refractivity contribution is 7.89. The summed E-state index contributed by atoms with van der Waals surface area (Å²) in [7, 11) is -3.60. The number of aryl methyl sites for hydroxylation is 1. The number of hydrogen-bond acceptors (Lipinski definition) is 3. The Hall–Kier alpha value is -2.15. The molecule has 0 saturated heterocycles. The molecule has 0 aliphatic rings. The standard InChI is InChI=1S/C17H16ClN3O2S/c1-13-19-10-11-21(13)17-5-3-2-4-14(17)12-20-24(22,23)16-8-6-15(18)7-9-16/h2-11,20H,12H2,1H3. The van der Waals surface area contributed by atoms with Gasteiger partial charge in [-0.15, -0.1) is 0 Å². The number of hydrogen-bond donors (Lipinski definition) is 1. The second kappa shape index (κ2) is 6.76. The lowest BCUT2D eigenvalue weighted by Crippen LogP contribution is -2.24. The summed E-state index contributed by atoms with van der Waals surface area (Å²) in [5.74, 6) is 0.836. The van der Waals surface area contributed by atoms with Gasteiger partial charge in [0.05, 0.1) is 10.6 Å². The molecular formula is C17H16ClN3O2S. The van der Waals surface area contributed by atoms with Crippen LogP contribution in [0.3, 0.4) is 0 Å². The molecule has 0 radical (unpaired) electrons. The Morgan fingerprint density at radius 2 is 1.83 bits per heavy atom. The van der Waals surface area contributed by atoms with E-state index >= 15 is 0 Å². The zero-order valence-corrected chi connectivity index (χ0v) is 14.6. The molecular weight excluding hydrogens is 346 g/mol. The van der Waals surface area contributed by atoms with Crippen LogP contribution in [0.25, 0.3) is 5.69 Å². The van der Waals surface area contributed by atoms with E-state index in [0.29, 0.717) is 5.02 Å². The van der Waals surface area contributed by atoms with Gasteiger partial charge in [-0.2, -0.15) is 0 Å². The lowest BCUT2D eigenvalue weighted by molar-refractivity contribution is 0.581. The molecule has 7 heteroatoms. The number of para-hydroxylation sites is 1. The van der Waals surface area contributed by atoms with E-state index in [-0.39, 0.29) is 11.4 Å². The SMILES string of the molecule is Cc1nccn1-c1ccccc1CNS(=O)(=O)c1ccc(Cl)cc1. The third-order valence-electron chi connectivity index (χ3n) is 3.65. The number of nitrogens with zero attached hydrogens (tertiary/aromatic N) is 2. The third-order valence-corrected chi connectivity index (χ3v) is 5.32. The number of benzene rings is 2. The number of aromatic nitrogens is 2. The summed E-state index contributed by atoms with van der Waals surface area (Å²) in [6.07, 6.45) is 3.56. The molecule has 0 spiro atoms. The van der Waals surface area contributed by atoms with Crippen molar-refractivity contribution in [2.75, 3.05) is 0 Å². The molecule has 5 nitrogen and oxygen atoms in total. The number of halogens is 1. The van der Waals surface area contributed by atoms with Crippen LogP contribution in [-0.2, 0) is 16.6 Å². The second-order valence-electron chi connectivity index (χ2n) is 5.25. The van der Waals surface area contributed by atoms with Crippen LogP contribution < -0.4 is 4.72 Å². The van der Waals surface area contributed by atoms with Crippen LogP contribution >= 0.6 is 11.6 Å². The molecule has 3 rings (SSSR count). The summed E-state index contributed by atoms with van der Waals surface area (Å²) >= 11 is 5.80. The maximum absolute atomic E-state index is 12.4. The highest BCUT2D eigenvalue weighted by Crippen LogP contribution is 2.18. The van der Waals surface area contributed by atoms with Crippen LogP contribution in [-0.4, -0.2) is 18.0 Å². The van der Waals surface area contributed by atoms with Gasteiger partial charge in [-0.3, -0.25) is 0 Å². The lowest BCUT2D eigenvalue weighted by atomic mass is 10.2. The second-order valence-corrected chi connectivity index (χ2v) is 7.46. The normalized spacial score (nSPS) is 11.6. The molecule has 2 aromatic carbocycles. The van der Waals surface area contributed by atoms with Crippen molar-refractivity contribution >= 4 is 21.6 Å². The first kappa shape index (κ1) is 16.7. The molecule has 1 aromatic heterocycles. The molecule has 0 atom stereocenters. The van der Waals surface area contributed by atoms with Crippen LogP contribution in [0.5, 0.6) is 0 Å². The predicted molar refractivity (Wildman–Crippen MR) is 93.8 cm³/mol. The minimum atomic E-state index is -3.60. The molecule has 0 aliphatic carbocycles. The molecule has 24 heavy (non-hydrogen) atoms. The summed E-state index contributed by atoms with van der Waals surface area (Å²) in [5, 5.41) is 0.495. The molecule has 1 heterocycles. The number of imidazole rings is 1. The lowest BCUT2D eigenvalue weighted by Gasteiger charge is -2.13. The quantitative estimate of drug-likeness (QED) is 0.758. The topological polar surface area (TPSA) is 64.0 Å². The zero-order chi connectivity index (χ0) is 17.2. The largest absolute Gasteiger partial charge is 0.304 e. The monoisotopic (exact) mass is 361 g/mol. The third kappa shape index (κ3) is 3.51. The van der Waals surface area contributed by atoms with E-state index in [2.05, 4.69) is 9.71 Å². The molecule has 0 aliphatic heterocycles. The van der Waals surface area contributed by atoms with Crippen LogP contribution in [0.1, 0.15) is 11.4 Å². The molecule has 124 valence electrons. The van der Waals surface area contributed by atoms with E-state index in [9.17, 15) is 8.42 Å². The summed E-state index contributed by atoms with van der Waals surface area (Å²) in [6, 6.07) is 13.7. The summed E-state index contributed by atoms with van der Waals surface area (Å²) < 4.78 is 29.4. The van der Waals surface area contributed by atoms with Gasteiger partial charge in [-0.05, 0) is 42.8 Å². The van der Waals surface area contributed by atoms with E-state index in [0.717, 1.165) is 17.1 Å². The summed E-state index contributed by atoms with van der Waals surface area (Å²) in [6.45, 7) is 2.08. The fourth-order valence-electron chi connectivity index (χ4n) is 2.40. The van der Waals surface area contributed by atoms with Crippen molar-refractivity contribution in [1.29, 1.82) is 0 Å². The van der Waals surface area contributed by atoms with Crippen LogP contribution in [0.2, 0.25) is 5.02 Å². The molecule has 0 fully saturated rings. The van der Waals surface area contributed by atoms with Gasteiger partial charge in [0.2, 0.25) is 10.0 Å². The Bertz CT molecular complexity index is 950. The van der Waals surface area contributed by atoms with Gasteiger partial charge in [-0.25, -0.2) is 18.1 Å². The summed E-state index contributed by atoms with van der Waals surface area (Å²) in [5.41, 5.74) is 1.75. The number of sulfonamides is 1. The minimum absolute atomic E-state index is 0.179. The van der Waals surface area contributed by atoms with Gasteiger partial charge in [-0.1, -0.05) is 29.8 Å². The maximum Gasteiger partial charge on any atom is 0.240 e. The smallest absolute Gasteiger partial charge is 0.240 e. The zero-order valence-electron chi connectivity index (χ0n) is 13.0. The van der Waals surface area contributed by atoms with Crippen molar-refractivity contribution in [3.63, 3.8) is 0 Å². The molecule has 1 N–H and O–H groups in total. The van der Waals surface area contributed by atoms with Crippen molar-refractivity contribution in [3.05, 3.63) is 77.3 Å². The Morgan fingerprint density at radius 1 is 1.12 bits per heavy atom. The highest BCUT2D eigenvalue weighted by atomic mass is 35.5. The highest BCUT2D eigenvalue weighted by Gasteiger charge is 2.15. The Labute approximate surface area is 146 Å². The molecule has 0 unspecified atom stereocenters. The van der Waals surface area contributed by atoms with Crippen molar-refractivity contribution in [3.8, 4) is 5.69 Å². The van der Waals surface area contributed by atoms with Crippen molar-refractivity contribution < 1.29 is 8.42 Å². The first-order valence-electron chi connectivity index (χ1n) is 7.31. The van der Waals surface area contributed by atoms with Gasteiger partial charge in [0.25, 0.3) is 0 Å². The Morgan fingerprint density at radius 3 is 2.50 bits per heavy atom. The molecule has 0 saturated carbocycles. The minimum Gasteiger partial charge on any atom is -0.304 e. The van der Waals surface area contributed by atoms with Gasteiger partial charge in [0.1, 0.15) is 5.82 Å². The predicted octanol–water partition coefficient (Wildman–Crippen LogP) is 3.31. The molecule has 3 aromatic rings. The first-order chi connectivity index (χ1) is 11.5. The van der Waals surface area contributed by atoms with E-state index in [4.69, 9.17) is 11.6 Å². The van der Waals surface area contributed by atoms with E-state index in [1.54, 1.807) is 18.3 Å². The van der Waals surface area contributed by atoms with Crippen molar-refractivity contribution in [1.82, 2.24) is 14.3 Å². The van der Waals surface area contributed by atoms with Gasteiger partial charge in [0, 0.05) is 24.0 Å². The summed E-state index contributed by atoms with van der Waals surface area (Å²) in [4.78, 5) is 4.39. The number of nitrogens with one attached hydrogen (secondary N) is 1. The average molecular weight is 362 g/mol. The molecule has 0 amide bonds. The van der Waals surface area contributed by atoms with E-state index in [1.807, 2.05) is 42.0 Å². The fraction of sp³-hybridized carbons (Fsp3) is 0.118. The maximum atomic E-state index is 12.4. The van der Waals surface area contributed by atoms with E-state index < -0.39 is 10.0 Å². The van der Waals surface area contributed by atoms with E-state index in [1.165, 1.54) is 12.1 Å². The van der Waals surface area contributed by atoms with Gasteiger partial charge < -0.3 is 4.57 Å². The first-order valence-corrected chi connectivity index (χ1v) is 9.17. The van der Waals surface area contributed by atoms with Crippen LogP contribution in [0, 0.1) is 6.92 Å². The van der Waals surface area contributed by atoms with Gasteiger partial charge in [0.15, 0.2) is 0 Å². The Kier molecular flexibility index (Phi) is 4.71. The molecule has 0 bridgehead atoms. The fourth-order valence-corrected chi connectivity index (χ4v) is 3.53. The number of rotatable bonds is 5. The van der Waals surface area contributed by atoms with Crippen LogP contribution in [0.4, 0.5) is 0 Å². The van der Waals surface area contributed by atoms with Gasteiger partial charge >= 0.3 is 0 Å². The average Bonchev–Trinajstić information content (AvgIpc) is 3.00.